The summed E-state index contributed by atoms with van der Waals surface area (Å²) in [6.07, 6.45) is 0.390. The Balaban J connectivity index is 2.13. The fraction of sp³-hybridized carbons (Fsp3) is 0.556. The maximum atomic E-state index is 12.9. The number of rotatable bonds is 8. The van der Waals surface area contributed by atoms with E-state index in [9.17, 15) is 18.0 Å². The summed E-state index contributed by atoms with van der Waals surface area (Å²) >= 11 is 0. The van der Waals surface area contributed by atoms with Gasteiger partial charge in [-0.2, -0.15) is 0 Å². The van der Waals surface area contributed by atoms with Crippen LogP contribution in [0.5, 0.6) is 17.2 Å². The maximum absolute atomic E-state index is 12.9. The van der Waals surface area contributed by atoms with Crippen LogP contribution in [0.2, 0.25) is 0 Å². The van der Waals surface area contributed by atoms with Crippen molar-refractivity contribution in [2.45, 2.75) is 19.4 Å². The molecule has 1 saturated heterocycles. The molecule has 2 amide bonds. The molecule has 0 aliphatic carbocycles. The Labute approximate surface area is 164 Å². The number of amides is 2. The molecule has 1 N–H and O–H groups in total. The fourth-order valence-corrected chi connectivity index (χ4v) is 4.74. The standard InChI is InChI=1S/C18H26N2O7S/c1-5-20(10-16(21)19-13-6-7-28(23,24)11-13)18(22)12-8-14(25-2)17(27-4)15(9-12)26-3/h8-9,13H,5-7,10-11H2,1-4H3,(H,19,21)/t13-/m1/s1. The second-order valence-electron chi connectivity index (χ2n) is 6.40. The lowest BCUT2D eigenvalue weighted by Crippen LogP contribution is -2.44. The second kappa shape index (κ2) is 9.13. The molecule has 1 aromatic carbocycles. The third-order valence-corrected chi connectivity index (χ3v) is 6.28. The maximum Gasteiger partial charge on any atom is 0.254 e. The van der Waals surface area contributed by atoms with Gasteiger partial charge in [-0.05, 0) is 25.5 Å². The van der Waals surface area contributed by atoms with E-state index in [-0.39, 0.29) is 29.5 Å². The molecular weight excluding hydrogens is 388 g/mol. The lowest BCUT2D eigenvalue weighted by molar-refractivity contribution is -0.122. The topological polar surface area (TPSA) is 111 Å². The highest BCUT2D eigenvalue weighted by Crippen LogP contribution is 2.38. The summed E-state index contributed by atoms with van der Waals surface area (Å²) < 4.78 is 38.8. The van der Waals surface area contributed by atoms with Crippen molar-refractivity contribution in [2.24, 2.45) is 0 Å². The van der Waals surface area contributed by atoms with Crippen LogP contribution in [-0.4, -0.2) is 77.1 Å². The quantitative estimate of drug-likeness (QED) is 0.658. The molecule has 0 unspecified atom stereocenters. The molecule has 10 heteroatoms. The third kappa shape index (κ3) is 5.06. The molecule has 2 rings (SSSR count). The predicted octanol–water partition coefficient (Wildman–Crippen LogP) is 0.478. The molecule has 1 aromatic rings. The highest BCUT2D eigenvalue weighted by Gasteiger charge is 2.30. The molecule has 0 aromatic heterocycles. The largest absolute Gasteiger partial charge is 0.493 e. The number of sulfone groups is 1. The number of carbonyl (C=O) groups excluding carboxylic acids is 2. The van der Waals surface area contributed by atoms with Crippen molar-refractivity contribution < 1.29 is 32.2 Å². The van der Waals surface area contributed by atoms with Crippen molar-refractivity contribution in [3.05, 3.63) is 17.7 Å². The summed E-state index contributed by atoms with van der Waals surface area (Å²) in [6.45, 7) is 1.87. The van der Waals surface area contributed by atoms with Crippen molar-refractivity contribution in [2.75, 3.05) is 45.9 Å². The van der Waals surface area contributed by atoms with E-state index < -0.39 is 21.8 Å². The summed E-state index contributed by atoms with van der Waals surface area (Å²) in [4.78, 5) is 26.5. The van der Waals surface area contributed by atoms with Crippen molar-refractivity contribution >= 4 is 21.7 Å². The summed E-state index contributed by atoms with van der Waals surface area (Å²) in [7, 11) is 1.28. The molecule has 1 heterocycles. The first-order chi connectivity index (χ1) is 13.2. The number of hydrogen-bond donors (Lipinski definition) is 1. The number of nitrogens with zero attached hydrogens (tertiary/aromatic N) is 1. The van der Waals surface area contributed by atoms with Crippen LogP contribution in [0.1, 0.15) is 23.7 Å². The second-order valence-corrected chi connectivity index (χ2v) is 8.63. The van der Waals surface area contributed by atoms with Crippen LogP contribution >= 0.6 is 0 Å². The van der Waals surface area contributed by atoms with Crippen molar-refractivity contribution in [1.29, 1.82) is 0 Å². The third-order valence-electron chi connectivity index (χ3n) is 4.51. The Morgan fingerprint density at radius 1 is 1.14 bits per heavy atom. The lowest BCUT2D eigenvalue weighted by Gasteiger charge is -2.22. The molecular formula is C18H26N2O7S. The smallest absolute Gasteiger partial charge is 0.254 e. The van der Waals surface area contributed by atoms with Crippen LogP contribution in [0.4, 0.5) is 0 Å². The number of carbonyl (C=O) groups is 2. The molecule has 0 bridgehead atoms. The van der Waals surface area contributed by atoms with Gasteiger partial charge in [0, 0.05) is 18.2 Å². The van der Waals surface area contributed by atoms with Crippen LogP contribution in [0.15, 0.2) is 12.1 Å². The summed E-state index contributed by atoms with van der Waals surface area (Å²) in [5.41, 5.74) is 0.285. The monoisotopic (exact) mass is 414 g/mol. The van der Waals surface area contributed by atoms with Crippen LogP contribution in [-0.2, 0) is 14.6 Å². The zero-order valence-electron chi connectivity index (χ0n) is 16.5. The molecule has 0 saturated carbocycles. The average molecular weight is 414 g/mol. The van der Waals surface area contributed by atoms with Crippen LogP contribution in [0.25, 0.3) is 0 Å². The summed E-state index contributed by atoms with van der Waals surface area (Å²) in [5.74, 6) is 0.264. The van der Waals surface area contributed by atoms with E-state index in [2.05, 4.69) is 5.32 Å². The summed E-state index contributed by atoms with van der Waals surface area (Å²) in [5, 5.41) is 2.69. The van der Waals surface area contributed by atoms with Gasteiger partial charge in [0.15, 0.2) is 21.3 Å². The van der Waals surface area contributed by atoms with E-state index in [1.165, 1.54) is 38.4 Å². The number of likely N-dealkylation sites (N-methyl/N-ethyl adjacent to an activating group) is 1. The van der Waals surface area contributed by atoms with E-state index in [1.807, 2.05) is 0 Å². The highest BCUT2D eigenvalue weighted by molar-refractivity contribution is 7.91. The van der Waals surface area contributed by atoms with Gasteiger partial charge < -0.3 is 24.4 Å². The Kier molecular flexibility index (Phi) is 7.11. The molecule has 156 valence electrons. The Morgan fingerprint density at radius 3 is 2.18 bits per heavy atom. The minimum absolute atomic E-state index is 0.0638. The normalized spacial score (nSPS) is 17.6. The predicted molar refractivity (Wildman–Crippen MR) is 103 cm³/mol. The van der Waals surface area contributed by atoms with Gasteiger partial charge in [-0.25, -0.2) is 8.42 Å². The van der Waals surface area contributed by atoms with Crippen molar-refractivity contribution in [1.82, 2.24) is 10.2 Å². The first-order valence-electron chi connectivity index (χ1n) is 8.83. The molecule has 9 nitrogen and oxygen atoms in total. The van der Waals surface area contributed by atoms with Gasteiger partial charge in [-0.1, -0.05) is 0 Å². The fourth-order valence-electron chi connectivity index (χ4n) is 3.07. The van der Waals surface area contributed by atoms with E-state index in [1.54, 1.807) is 6.92 Å². The first-order valence-corrected chi connectivity index (χ1v) is 10.7. The SMILES string of the molecule is CCN(CC(=O)N[C@@H]1CCS(=O)(=O)C1)C(=O)c1cc(OC)c(OC)c(OC)c1. The number of nitrogens with one attached hydrogen (secondary N) is 1. The van der Waals surface area contributed by atoms with Crippen LogP contribution in [0.3, 0.4) is 0 Å². The Hall–Kier alpha value is -2.49. The van der Waals surface area contributed by atoms with E-state index in [0.29, 0.717) is 30.2 Å². The minimum atomic E-state index is -3.09. The molecule has 1 fully saturated rings. The number of benzene rings is 1. The molecule has 28 heavy (non-hydrogen) atoms. The Morgan fingerprint density at radius 2 is 1.75 bits per heavy atom. The number of ether oxygens (including phenoxy) is 3. The molecule has 0 spiro atoms. The zero-order chi connectivity index (χ0) is 20.9. The first kappa shape index (κ1) is 21.8. The summed E-state index contributed by atoms with van der Waals surface area (Å²) in [6, 6.07) is 2.63. The Bertz CT molecular complexity index is 813. The van der Waals surface area contributed by atoms with Gasteiger partial charge in [-0.15, -0.1) is 0 Å². The molecule has 0 radical (unpaired) electrons. The lowest BCUT2D eigenvalue weighted by atomic mass is 10.1. The van der Waals surface area contributed by atoms with Gasteiger partial charge in [0.25, 0.3) is 5.91 Å². The van der Waals surface area contributed by atoms with Crippen LogP contribution in [0, 0.1) is 0 Å². The van der Waals surface area contributed by atoms with Gasteiger partial charge >= 0.3 is 0 Å². The van der Waals surface area contributed by atoms with Gasteiger partial charge in [0.1, 0.15) is 0 Å². The van der Waals surface area contributed by atoms with Crippen molar-refractivity contribution in [3.63, 3.8) is 0 Å². The van der Waals surface area contributed by atoms with E-state index in [4.69, 9.17) is 14.2 Å². The minimum Gasteiger partial charge on any atom is -0.493 e. The van der Waals surface area contributed by atoms with Gasteiger partial charge in [0.2, 0.25) is 11.7 Å². The van der Waals surface area contributed by atoms with E-state index >= 15 is 0 Å². The number of hydrogen-bond acceptors (Lipinski definition) is 7. The zero-order valence-corrected chi connectivity index (χ0v) is 17.3. The van der Waals surface area contributed by atoms with Crippen molar-refractivity contribution in [3.8, 4) is 17.2 Å². The van der Waals surface area contributed by atoms with Gasteiger partial charge in [-0.3, -0.25) is 9.59 Å². The van der Waals surface area contributed by atoms with Crippen LogP contribution < -0.4 is 19.5 Å². The van der Waals surface area contributed by atoms with E-state index in [0.717, 1.165) is 0 Å². The molecule has 1 aliphatic heterocycles. The average Bonchev–Trinajstić information content (AvgIpc) is 3.02. The highest BCUT2D eigenvalue weighted by atomic mass is 32.2. The van der Waals surface area contributed by atoms with Gasteiger partial charge in [0.05, 0.1) is 39.4 Å². The number of methoxy groups -OCH3 is 3. The molecule has 1 aliphatic rings. The molecule has 1 atom stereocenters.